The Morgan fingerprint density at radius 1 is 0.250 bits per heavy atom. The van der Waals surface area contributed by atoms with Crippen LogP contribution in [0.2, 0.25) is 0 Å². The highest BCUT2D eigenvalue weighted by atomic mass is 15.0. The SMILES string of the molecule is c1ccc(-c2cccc(-c3ccc(-c4cc(-c5cc6ccccc6cn5)cc(-c5nc(-c6ccccc6)nc(-c6ccccc6)n5)c4)cc3)n2)cc1. The van der Waals surface area contributed by atoms with Crippen molar-refractivity contribution < 1.29 is 0 Å². The van der Waals surface area contributed by atoms with E-state index in [9.17, 15) is 0 Å². The van der Waals surface area contributed by atoms with Crippen molar-refractivity contribution in [1.82, 2.24) is 24.9 Å². The Hall–Kier alpha value is -7.11. The fraction of sp³-hybridized carbons (Fsp3) is 0. The zero-order chi connectivity index (χ0) is 34.7. The fourth-order valence-electron chi connectivity index (χ4n) is 6.45. The number of fused-ring (bicyclic) bond motifs is 1. The zero-order valence-corrected chi connectivity index (χ0v) is 28.1. The van der Waals surface area contributed by atoms with Gasteiger partial charge in [-0.25, -0.2) is 19.9 Å². The summed E-state index contributed by atoms with van der Waals surface area (Å²) in [4.78, 5) is 24.9. The molecule has 9 aromatic rings. The summed E-state index contributed by atoms with van der Waals surface area (Å²) >= 11 is 0. The molecule has 0 atom stereocenters. The van der Waals surface area contributed by atoms with Gasteiger partial charge in [0.25, 0.3) is 0 Å². The van der Waals surface area contributed by atoms with Crippen molar-refractivity contribution in [2.45, 2.75) is 0 Å². The maximum absolute atomic E-state index is 5.05. The van der Waals surface area contributed by atoms with E-state index in [0.717, 1.165) is 72.4 Å². The van der Waals surface area contributed by atoms with E-state index in [1.54, 1.807) is 0 Å². The number of aromatic nitrogens is 5. The highest BCUT2D eigenvalue weighted by Gasteiger charge is 2.16. The minimum Gasteiger partial charge on any atom is -0.256 e. The van der Waals surface area contributed by atoms with Gasteiger partial charge in [0.15, 0.2) is 17.5 Å². The van der Waals surface area contributed by atoms with Crippen molar-refractivity contribution in [3.05, 3.63) is 188 Å². The number of rotatable bonds is 7. The van der Waals surface area contributed by atoms with Gasteiger partial charge in [0.2, 0.25) is 0 Å². The van der Waals surface area contributed by atoms with E-state index < -0.39 is 0 Å². The van der Waals surface area contributed by atoms with Crippen molar-refractivity contribution in [2.24, 2.45) is 0 Å². The molecule has 52 heavy (non-hydrogen) atoms. The van der Waals surface area contributed by atoms with Crippen molar-refractivity contribution in [2.75, 3.05) is 0 Å². The second kappa shape index (κ2) is 13.7. The minimum atomic E-state index is 0.593. The minimum absolute atomic E-state index is 0.593. The molecule has 0 aliphatic heterocycles. The number of benzene rings is 6. The molecule has 0 spiro atoms. The number of pyridine rings is 2. The van der Waals surface area contributed by atoms with Gasteiger partial charge in [0, 0.05) is 45.0 Å². The summed E-state index contributed by atoms with van der Waals surface area (Å²) in [6.07, 6.45) is 1.94. The number of hydrogen-bond acceptors (Lipinski definition) is 5. The molecule has 5 heteroatoms. The Morgan fingerprint density at radius 3 is 1.33 bits per heavy atom. The molecule has 0 aliphatic rings. The molecule has 6 aromatic carbocycles. The van der Waals surface area contributed by atoms with E-state index in [-0.39, 0.29) is 0 Å². The maximum Gasteiger partial charge on any atom is 0.164 e. The molecule has 0 radical (unpaired) electrons. The summed E-state index contributed by atoms with van der Waals surface area (Å²) in [6, 6.07) is 62.1. The summed E-state index contributed by atoms with van der Waals surface area (Å²) in [6.45, 7) is 0. The van der Waals surface area contributed by atoms with Crippen LogP contribution in [-0.2, 0) is 0 Å². The molecular formula is C47H31N5. The van der Waals surface area contributed by atoms with Crippen LogP contribution in [0.15, 0.2) is 188 Å². The highest BCUT2D eigenvalue weighted by Crippen LogP contribution is 2.34. The molecule has 0 bridgehead atoms. The smallest absolute Gasteiger partial charge is 0.164 e. The lowest BCUT2D eigenvalue weighted by Crippen LogP contribution is -2.00. The van der Waals surface area contributed by atoms with Crippen LogP contribution in [0.1, 0.15) is 0 Å². The van der Waals surface area contributed by atoms with E-state index >= 15 is 0 Å². The lowest BCUT2D eigenvalue weighted by Gasteiger charge is -2.13. The topological polar surface area (TPSA) is 64.5 Å². The first-order valence-electron chi connectivity index (χ1n) is 17.2. The average Bonchev–Trinajstić information content (AvgIpc) is 3.24. The first-order valence-corrected chi connectivity index (χ1v) is 17.2. The molecule has 0 N–H and O–H groups in total. The van der Waals surface area contributed by atoms with Crippen LogP contribution < -0.4 is 0 Å². The standard InChI is InChI=1S/C47H31N5/c1-4-13-33(14-5-1)42-21-12-22-43(49-42)34-25-23-32(24-26-34)39-27-40(44-30-37-19-10-11-20-38(37)31-48-44)29-41(28-39)47-51-45(35-15-6-2-7-16-35)50-46(52-47)36-17-8-3-9-18-36/h1-31H. The van der Waals surface area contributed by atoms with Gasteiger partial charge in [-0.1, -0.05) is 146 Å². The number of hydrogen-bond donors (Lipinski definition) is 0. The monoisotopic (exact) mass is 665 g/mol. The van der Waals surface area contributed by atoms with Gasteiger partial charge in [0.05, 0.1) is 17.1 Å². The third kappa shape index (κ3) is 6.35. The van der Waals surface area contributed by atoms with Crippen molar-refractivity contribution in [3.8, 4) is 79.1 Å². The van der Waals surface area contributed by atoms with Crippen LogP contribution in [-0.4, -0.2) is 24.9 Å². The molecule has 0 saturated carbocycles. The molecule has 3 heterocycles. The predicted octanol–water partition coefficient (Wildman–Crippen LogP) is 11.5. The Bertz CT molecular complexity index is 2600. The summed E-state index contributed by atoms with van der Waals surface area (Å²) in [5.41, 5.74) is 10.7. The van der Waals surface area contributed by atoms with E-state index in [2.05, 4.69) is 97.1 Å². The van der Waals surface area contributed by atoms with E-state index in [1.807, 2.05) is 91.1 Å². The van der Waals surface area contributed by atoms with E-state index in [4.69, 9.17) is 24.9 Å². The zero-order valence-electron chi connectivity index (χ0n) is 28.1. The Morgan fingerprint density at radius 2 is 0.712 bits per heavy atom. The molecule has 244 valence electrons. The fourth-order valence-corrected chi connectivity index (χ4v) is 6.45. The number of nitrogens with zero attached hydrogens (tertiary/aromatic N) is 5. The first kappa shape index (κ1) is 30.9. The normalized spacial score (nSPS) is 11.1. The van der Waals surface area contributed by atoms with Gasteiger partial charge >= 0.3 is 0 Å². The van der Waals surface area contributed by atoms with Crippen molar-refractivity contribution >= 4 is 10.8 Å². The summed E-state index contributed by atoms with van der Waals surface area (Å²) < 4.78 is 0. The highest BCUT2D eigenvalue weighted by molar-refractivity contribution is 5.87. The van der Waals surface area contributed by atoms with E-state index in [1.165, 1.54) is 0 Å². The quantitative estimate of drug-likeness (QED) is 0.169. The summed E-state index contributed by atoms with van der Waals surface area (Å²) in [7, 11) is 0. The third-order valence-electron chi connectivity index (χ3n) is 9.15. The Labute approximate surface area is 302 Å². The third-order valence-corrected chi connectivity index (χ3v) is 9.15. The molecule has 9 rings (SSSR count). The molecule has 3 aromatic heterocycles. The van der Waals surface area contributed by atoms with Crippen LogP contribution >= 0.6 is 0 Å². The average molecular weight is 666 g/mol. The van der Waals surface area contributed by atoms with Gasteiger partial charge in [0.1, 0.15) is 0 Å². The molecule has 0 amide bonds. The lowest BCUT2D eigenvalue weighted by atomic mass is 9.96. The molecule has 0 unspecified atom stereocenters. The van der Waals surface area contributed by atoms with Crippen LogP contribution in [0.5, 0.6) is 0 Å². The second-order valence-corrected chi connectivity index (χ2v) is 12.6. The molecule has 0 fully saturated rings. The summed E-state index contributed by atoms with van der Waals surface area (Å²) in [5.74, 6) is 1.83. The van der Waals surface area contributed by atoms with Gasteiger partial charge in [-0.2, -0.15) is 0 Å². The Kier molecular flexibility index (Phi) is 8.12. The predicted molar refractivity (Wildman–Crippen MR) is 211 cm³/mol. The van der Waals surface area contributed by atoms with Gasteiger partial charge in [-0.15, -0.1) is 0 Å². The molecule has 0 saturated heterocycles. The van der Waals surface area contributed by atoms with Gasteiger partial charge < -0.3 is 0 Å². The van der Waals surface area contributed by atoms with Gasteiger partial charge in [-0.05, 0) is 52.9 Å². The summed E-state index contributed by atoms with van der Waals surface area (Å²) in [5, 5.41) is 2.23. The maximum atomic E-state index is 5.05. The molecule has 5 nitrogen and oxygen atoms in total. The van der Waals surface area contributed by atoms with Crippen molar-refractivity contribution in [1.29, 1.82) is 0 Å². The Balaban J connectivity index is 1.18. The van der Waals surface area contributed by atoms with Crippen LogP contribution in [0.25, 0.3) is 89.8 Å². The largest absolute Gasteiger partial charge is 0.256 e. The lowest BCUT2D eigenvalue weighted by molar-refractivity contribution is 1.07. The first-order chi connectivity index (χ1) is 25.7. The molecule has 0 aliphatic carbocycles. The van der Waals surface area contributed by atoms with Crippen LogP contribution in [0.3, 0.4) is 0 Å². The van der Waals surface area contributed by atoms with E-state index in [0.29, 0.717) is 17.5 Å². The van der Waals surface area contributed by atoms with Crippen molar-refractivity contribution in [3.63, 3.8) is 0 Å². The van der Waals surface area contributed by atoms with Crippen LogP contribution in [0, 0.1) is 0 Å². The second-order valence-electron chi connectivity index (χ2n) is 12.6. The van der Waals surface area contributed by atoms with Crippen LogP contribution in [0.4, 0.5) is 0 Å². The van der Waals surface area contributed by atoms with Gasteiger partial charge in [-0.3, -0.25) is 4.98 Å². The molecular weight excluding hydrogens is 635 g/mol.